The lowest BCUT2D eigenvalue weighted by Crippen LogP contribution is -2.28. The van der Waals surface area contributed by atoms with Gasteiger partial charge in [0.2, 0.25) is 5.91 Å². The molecule has 0 heterocycles. The lowest BCUT2D eigenvalue weighted by atomic mass is 10.1. The molecular weight excluding hydrogens is 450 g/mol. The maximum absolute atomic E-state index is 11.9. The number of allylic oxidation sites excluding steroid dienone is 2. The summed E-state index contributed by atoms with van der Waals surface area (Å²) in [6.07, 6.45) is 5.02. The normalized spacial score (nSPS) is 11.0. The zero-order chi connectivity index (χ0) is 25.9. The highest BCUT2D eigenvalue weighted by molar-refractivity contribution is 5.91. The van der Waals surface area contributed by atoms with Crippen molar-refractivity contribution in [3.63, 3.8) is 0 Å². The van der Waals surface area contributed by atoms with Crippen LogP contribution in [0.5, 0.6) is 0 Å². The summed E-state index contributed by atoms with van der Waals surface area (Å²) in [6.45, 7) is 4.73. The van der Waals surface area contributed by atoms with Gasteiger partial charge in [-0.25, -0.2) is 4.79 Å². The van der Waals surface area contributed by atoms with Crippen molar-refractivity contribution >= 4 is 23.6 Å². The van der Waals surface area contributed by atoms with Crippen LogP contribution in [0.4, 0.5) is 4.79 Å². The average molecular weight is 490 g/mol. The number of benzene rings is 1. The molecule has 1 aromatic rings. The first kappa shape index (κ1) is 29.8. The number of alkyl carbamates (subject to hydrolysis) is 1. The predicted octanol–water partition coefficient (Wildman–Crippen LogP) is 2.82. The molecule has 0 saturated heterocycles. The number of rotatable bonds is 18. The number of hydrogen-bond donors (Lipinski definition) is 3. The molecule has 0 bridgehead atoms. The molecule has 1 rings (SSSR count). The summed E-state index contributed by atoms with van der Waals surface area (Å²) >= 11 is 0. The molecule has 0 fully saturated rings. The van der Waals surface area contributed by atoms with Gasteiger partial charge < -0.3 is 30.2 Å². The number of carbonyl (C=O) groups is 4. The van der Waals surface area contributed by atoms with E-state index >= 15 is 0 Å². The zero-order valence-corrected chi connectivity index (χ0v) is 21.1. The summed E-state index contributed by atoms with van der Waals surface area (Å²) in [5.41, 5.74) is 2.66. The monoisotopic (exact) mass is 489 g/mol. The SMILES string of the molecule is CN/C(C)=C\C(=O)Cc1ccc(CNC(=O)COCCCOC(=O)NCCCCCC(C)=O)cc1. The molecule has 0 unspecified atom stereocenters. The van der Waals surface area contributed by atoms with Crippen molar-refractivity contribution < 1.29 is 28.7 Å². The second-order valence-electron chi connectivity index (χ2n) is 8.30. The highest BCUT2D eigenvalue weighted by Gasteiger charge is 2.05. The molecular formula is C26H39N3O6. The van der Waals surface area contributed by atoms with Crippen LogP contribution in [0.15, 0.2) is 36.0 Å². The summed E-state index contributed by atoms with van der Waals surface area (Å²) in [7, 11) is 1.77. The molecule has 35 heavy (non-hydrogen) atoms. The van der Waals surface area contributed by atoms with E-state index in [9.17, 15) is 19.2 Å². The molecule has 2 amide bonds. The standard InChI is InChI=1S/C26H39N3O6/c1-20(27-3)16-24(31)17-22-9-11-23(12-10-22)18-29-25(32)19-34-14-7-15-35-26(33)28-13-6-4-5-8-21(2)30/h9-12,16,27H,4-8,13-15,17-19H2,1-3H3,(H,28,33)(H,29,32)/b20-16-. The highest BCUT2D eigenvalue weighted by Crippen LogP contribution is 2.06. The third-order valence-corrected chi connectivity index (χ3v) is 5.04. The molecule has 0 saturated carbocycles. The Bertz CT molecular complexity index is 836. The Balaban J connectivity index is 2.07. The molecule has 194 valence electrons. The van der Waals surface area contributed by atoms with Crippen LogP contribution in [0.1, 0.15) is 57.1 Å². The van der Waals surface area contributed by atoms with Crippen molar-refractivity contribution in [2.24, 2.45) is 0 Å². The van der Waals surface area contributed by atoms with Gasteiger partial charge in [-0.05, 0) is 37.8 Å². The molecule has 0 aliphatic rings. The first-order chi connectivity index (χ1) is 16.8. The van der Waals surface area contributed by atoms with Crippen molar-refractivity contribution in [2.75, 3.05) is 33.4 Å². The fourth-order valence-electron chi connectivity index (χ4n) is 3.00. The summed E-state index contributed by atoms with van der Waals surface area (Å²) in [6, 6.07) is 7.52. The van der Waals surface area contributed by atoms with Crippen LogP contribution in [0, 0.1) is 0 Å². The van der Waals surface area contributed by atoms with Crippen molar-refractivity contribution in [3.8, 4) is 0 Å². The van der Waals surface area contributed by atoms with E-state index in [0.717, 1.165) is 36.1 Å². The Labute approximate surface area is 208 Å². The maximum Gasteiger partial charge on any atom is 0.407 e. The summed E-state index contributed by atoms with van der Waals surface area (Å²) in [5, 5.41) is 8.37. The van der Waals surface area contributed by atoms with Crippen LogP contribution in [0.25, 0.3) is 0 Å². The number of ether oxygens (including phenoxy) is 2. The molecule has 3 N–H and O–H groups in total. The van der Waals surface area contributed by atoms with E-state index in [1.807, 2.05) is 31.2 Å². The van der Waals surface area contributed by atoms with Gasteiger partial charge in [0.25, 0.3) is 0 Å². The Morgan fingerprint density at radius 3 is 2.29 bits per heavy atom. The minimum Gasteiger partial charge on any atom is -0.449 e. The smallest absolute Gasteiger partial charge is 0.407 e. The third-order valence-electron chi connectivity index (χ3n) is 5.04. The number of Topliss-reactive ketones (excluding diaryl/α,β-unsaturated/α-hetero) is 1. The lowest BCUT2D eigenvalue weighted by molar-refractivity contribution is -0.126. The van der Waals surface area contributed by atoms with Gasteiger partial charge in [0, 0.05) is 51.2 Å². The van der Waals surface area contributed by atoms with Crippen LogP contribution < -0.4 is 16.0 Å². The van der Waals surface area contributed by atoms with Gasteiger partial charge in [0.15, 0.2) is 5.78 Å². The summed E-state index contributed by atoms with van der Waals surface area (Å²) < 4.78 is 10.4. The molecule has 0 spiro atoms. The quantitative estimate of drug-likeness (QED) is 0.214. The van der Waals surface area contributed by atoms with Gasteiger partial charge in [-0.2, -0.15) is 0 Å². The summed E-state index contributed by atoms with van der Waals surface area (Å²) in [4.78, 5) is 46.3. The Kier molecular flexibility index (Phi) is 15.5. The van der Waals surface area contributed by atoms with Crippen molar-refractivity contribution in [3.05, 3.63) is 47.2 Å². The van der Waals surface area contributed by atoms with E-state index in [0.29, 0.717) is 39.0 Å². The van der Waals surface area contributed by atoms with Crippen molar-refractivity contribution in [2.45, 2.75) is 58.9 Å². The van der Waals surface area contributed by atoms with Gasteiger partial charge in [-0.15, -0.1) is 0 Å². The minimum absolute atomic E-state index is 0.0264. The van der Waals surface area contributed by atoms with Gasteiger partial charge in [-0.3, -0.25) is 9.59 Å². The van der Waals surface area contributed by atoms with Crippen LogP contribution in [-0.2, 0) is 36.8 Å². The lowest BCUT2D eigenvalue weighted by Gasteiger charge is -2.08. The van der Waals surface area contributed by atoms with Crippen LogP contribution in [0.3, 0.4) is 0 Å². The molecule has 9 nitrogen and oxygen atoms in total. The second kappa shape index (κ2) is 18.2. The third kappa shape index (κ3) is 16.1. The molecule has 0 aliphatic carbocycles. The first-order valence-corrected chi connectivity index (χ1v) is 12.0. The van der Waals surface area contributed by atoms with Crippen LogP contribution in [-0.4, -0.2) is 57.0 Å². The van der Waals surface area contributed by atoms with E-state index in [4.69, 9.17) is 9.47 Å². The molecule has 1 aromatic carbocycles. The fraction of sp³-hybridized carbons (Fsp3) is 0.538. The molecule has 0 radical (unpaired) electrons. The molecule has 0 atom stereocenters. The number of unbranched alkanes of at least 4 members (excludes halogenated alkanes) is 2. The number of ketones is 2. The Morgan fingerprint density at radius 1 is 0.886 bits per heavy atom. The van der Waals surface area contributed by atoms with E-state index in [1.54, 1.807) is 20.0 Å². The zero-order valence-electron chi connectivity index (χ0n) is 21.1. The largest absolute Gasteiger partial charge is 0.449 e. The van der Waals surface area contributed by atoms with Crippen LogP contribution >= 0.6 is 0 Å². The average Bonchev–Trinajstić information content (AvgIpc) is 2.82. The number of nitrogens with one attached hydrogen (secondary N) is 3. The topological polar surface area (TPSA) is 123 Å². The highest BCUT2D eigenvalue weighted by atomic mass is 16.5. The van der Waals surface area contributed by atoms with Crippen molar-refractivity contribution in [1.82, 2.24) is 16.0 Å². The first-order valence-electron chi connectivity index (χ1n) is 12.0. The number of amides is 2. The van der Waals surface area contributed by atoms with E-state index in [-0.39, 0.29) is 30.7 Å². The molecule has 0 aliphatic heterocycles. The molecule has 9 heteroatoms. The number of hydrogen-bond acceptors (Lipinski definition) is 7. The Morgan fingerprint density at radius 2 is 1.60 bits per heavy atom. The van der Waals surface area contributed by atoms with Gasteiger partial charge >= 0.3 is 6.09 Å². The summed E-state index contributed by atoms with van der Waals surface area (Å²) in [5.74, 6) is -0.0274. The number of carbonyl (C=O) groups excluding carboxylic acids is 4. The van der Waals surface area contributed by atoms with Crippen LogP contribution in [0.2, 0.25) is 0 Å². The van der Waals surface area contributed by atoms with E-state index < -0.39 is 6.09 Å². The van der Waals surface area contributed by atoms with Gasteiger partial charge in [0.1, 0.15) is 12.4 Å². The maximum atomic E-state index is 11.9. The minimum atomic E-state index is -0.478. The second-order valence-corrected chi connectivity index (χ2v) is 8.30. The van der Waals surface area contributed by atoms with Gasteiger partial charge in [-0.1, -0.05) is 30.7 Å². The van der Waals surface area contributed by atoms with E-state index in [1.165, 1.54) is 0 Å². The van der Waals surface area contributed by atoms with Crippen molar-refractivity contribution in [1.29, 1.82) is 0 Å². The molecule has 0 aromatic heterocycles. The van der Waals surface area contributed by atoms with E-state index in [2.05, 4.69) is 16.0 Å². The Hall–Kier alpha value is -3.20. The fourth-order valence-corrected chi connectivity index (χ4v) is 3.00. The predicted molar refractivity (Wildman–Crippen MR) is 134 cm³/mol. The van der Waals surface area contributed by atoms with Gasteiger partial charge in [0.05, 0.1) is 13.2 Å².